The Labute approximate surface area is 170 Å². The number of hydrogen-bond donors (Lipinski definition) is 2. The maximum Gasteiger partial charge on any atom is 0.193 e. The Bertz CT molecular complexity index is 502. The van der Waals surface area contributed by atoms with E-state index < -0.39 is 0 Å². The predicted octanol–water partition coefficient (Wildman–Crippen LogP) is 3.52. The number of nitrogens with one attached hydrogen (secondary N) is 2. The molecule has 0 radical (unpaired) electrons. The molecular formula is C20H35IN4. The Hall–Kier alpha value is -0.820. The standard InChI is InChI=1S/C20H34N4.HI/c1-20(2,3)23-13-12-22-19(21-4)24-14-10-18(11-15-24)16-17-8-6-5-7-9-17;/h5-9,18,23H,10-16H2,1-4H3,(H,21,22);1H. The molecule has 1 saturated heterocycles. The Kier molecular flexibility index (Phi) is 9.79. The first-order chi connectivity index (χ1) is 11.5. The van der Waals surface area contributed by atoms with Gasteiger partial charge in [-0.3, -0.25) is 4.99 Å². The van der Waals surface area contributed by atoms with Crippen LogP contribution in [0.3, 0.4) is 0 Å². The van der Waals surface area contributed by atoms with Crippen LogP contribution < -0.4 is 10.6 Å². The number of aliphatic imine (C=N–C) groups is 1. The van der Waals surface area contributed by atoms with Gasteiger partial charge < -0.3 is 15.5 Å². The lowest BCUT2D eigenvalue weighted by molar-refractivity contribution is 0.259. The maximum absolute atomic E-state index is 4.46. The van der Waals surface area contributed by atoms with Crippen molar-refractivity contribution in [2.45, 2.75) is 45.6 Å². The maximum atomic E-state index is 4.46. The first kappa shape index (κ1) is 22.2. The van der Waals surface area contributed by atoms with Crippen molar-refractivity contribution >= 4 is 29.9 Å². The van der Waals surface area contributed by atoms with Gasteiger partial charge in [0.1, 0.15) is 0 Å². The van der Waals surface area contributed by atoms with Gasteiger partial charge in [0.15, 0.2) is 5.96 Å². The SMILES string of the molecule is CN=C(NCCNC(C)(C)C)N1CCC(Cc2ccccc2)CC1.I. The molecule has 1 aliphatic rings. The molecule has 2 rings (SSSR count). The number of guanidine groups is 1. The number of rotatable bonds is 5. The molecule has 4 nitrogen and oxygen atoms in total. The lowest BCUT2D eigenvalue weighted by atomic mass is 9.90. The molecular weight excluding hydrogens is 423 g/mol. The molecule has 0 unspecified atom stereocenters. The van der Waals surface area contributed by atoms with Gasteiger partial charge in [-0.2, -0.15) is 0 Å². The third kappa shape index (κ3) is 8.40. The Morgan fingerprint density at radius 1 is 1.12 bits per heavy atom. The molecule has 1 aromatic carbocycles. The quantitative estimate of drug-likeness (QED) is 0.307. The van der Waals surface area contributed by atoms with Gasteiger partial charge in [-0.25, -0.2) is 0 Å². The monoisotopic (exact) mass is 458 g/mol. The Morgan fingerprint density at radius 3 is 2.32 bits per heavy atom. The summed E-state index contributed by atoms with van der Waals surface area (Å²) in [6, 6.07) is 10.9. The van der Waals surface area contributed by atoms with Crippen LogP contribution in [0.1, 0.15) is 39.2 Å². The average molecular weight is 458 g/mol. The second kappa shape index (κ2) is 11.0. The third-order valence-corrected chi connectivity index (χ3v) is 4.56. The van der Waals surface area contributed by atoms with E-state index in [1.54, 1.807) is 0 Å². The van der Waals surface area contributed by atoms with E-state index in [-0.39, 0.29) is 29.5 Å². The predicted molar refractivity (Wildman–Crippen MR) is 119 cm³/mol. The summed E-state index contributed by atoms with van der Waals surface area (Å²) in [4.78, 5) is 6.86. The summed E-state index contributed by atoms with van der Waals surface area (Å²) in [5.74, 6) is 1.84. The third-order valence-electron chi connectivity index (χ3n) is 4.56. The summed E-state index contributed by atoms with van der Waals surface area (Å²) >= 11 is 0. The van der Waals surface area contributed by atoms with E-state index >= 15 is 0 Å². The molecule has 0 amide bonds. The number of benzene rings is 1. The van der Waals surface area contributed by atoms with Crippen LogP contribution in [0, 0.1) is 5.92 Å². The van der Waals surface area contributed by atoms with Crippen molar-refractivity contribution < 1.29 is 0 Å². The van der Waals surface area contributed by atoms with Gasteiger partial charge in [0.05, 0.1) is 0 Å². The fourth-order valence-corrected chi connectivity index (χ4v) is 3.24. The molecule has 0 spiro atoms. The molecule has 5 heteroatoms. The minimum absolute atomic E-state index is 0. The van der Waals surface area contributed by atoms with Crippen LogP contribution in [0.5, 0.6) is 0 Å². The van der Waals surface area contributed by atoms with E-state index in [1.165, 1.54) is 24.8 Å². The Morgan fingerprint density at radius 2 is 1.76 bits per heavy atom. The van der Waals surface area contributed by atoms with Crippen molar-refractivity contribution in [3.05, 3.63) is 35.9 Å². The van der Waals surface area contributed by atoms with E-state index in [1.807, 2.05) is 7.05 Å². The minimum atomic E-state index is 0. The molecule has 0 aliphatic carbocycles. The Balaban J connectivity index is 0.00000312. The first-order valence-corrected chi connectivity index (χ1v) is 9.22. The molecule has 0 saturated carbocycles. The van der Waals surface area contributed by atoms with Gasteiger partial charge >= 0.3 is 0 Å². The molecule has 1 aliphatic heterocycles. The fraction of sp³-hybridized carbons (Fsp3) is 0.650. The van der Waals surface area contributed by atoms with Gasteiger partial charge in [0.2, 0.25) is 0 Å². The fourth-order valence-electron chi connectivity index (χ4n) is 3.24. The van der Waals surface area contributed by atoms with Crippen LogP contribution in [0.4, 0.5) is 0 Å². The topological polar surface area (TPSA) is 39.7 Å². The van der Waals surface area contributed by atoms with Crippen LogP contribution in [-0.4, -0.2) is 49.6 Å². The van der Waals surface area contributed by atoms with Crippen LogP contribution in [0.25, 0.3) is 0 Å². The van der Waals surface area contributed by atoms with Gasteiger partial charge in [-0.05, 0) is 51.5 Å². The van der Waals surface area contributed by atoms with Crippen molar-refractivity contribution in [2.24, 2.45) is 10.9 Å². The molecule has 1 fully saturated rings. The van der Waals surface area contributed by atoms with Crippen molar-refractivity contribution in [3.8, 4) is 0 Å². The minimum Gasteiger partial charge on any atom is -0.355 e. The largest absolute Gasteiger partial charge is 0.355 e. The van der Waals surface area contributed by atoms with Crippen molar-refractivity contribution in [2.75, 3.05) is 33.2 Å². The highest BCUT2D eigenvalue weighted by molar-refractivity contribution is 14.0. The molecule has 142 valence electrons. The number of hydrogen-bond acceptors (Lipinski definition) is 2. The van der Waals surface area contributed by atoms with Gasteiger partial charge in [0, 0.05) is 38.8 Å². The van der Waals surface area contributed by atoms with E-state index in [9.17, 15) is 0 Å². The molecule has 0 aromatic heterocycles. The number of nitrogens with zero attached hydrogens (tertiary/aromatic N) is 2. The van der Waals surface area contributed by atoms with Gasteiger partial charge in [-0.1, -0.05) is 30.3 Å². The number of piperidine rings is 1. The summed E-state index contributed by atoms with van der Waals surface area (Å²) in [5, 5.41) is 6.99. The number of likely N-dealkylation sites (tertiary alicyclic amines) is 1. The normalized spacial score (nSPS) is 16.5. The van der Waals surface area contributed by atoms with E-state index in [4.69, 9.17) is 0 Å². The zero-order valence-corrected chi connectivity index (χ0v) is 18.5. The second-order valence-corrected chi connectivity index (χ2v) is 7.77. The van der Waals surface area contributed by atoms with Crippen LogP contribution in [0.2, 0.25) is 0 Å². The van der Waals surface area contributed by atoms with Crippen molar-refractivity contribution in [1.29, 1.82) is 0 Å². The van der Waals surface area contributed by atoms with E-state index in [0.717, 1.165) is 38.1 Å². The van der Waals surface area contributed by atoms with Crippen LogP contribution in [0.15, 0.2) is 35.3 Å². The van der Waals surface area contributed by atoms with Gasteiger partial charge in [-0.15, -0.1) is 24.0 Å². The summed E-state index contributed by atoms with van der Waals surface area (Å²) in [6.07, 6.45) is 3.70. The molecule has 1 aromatic rings. The lowest BCUT2D eigenvalue weighted by Gasteiger charge is -2.34. The summed E-state index contributed by atoms with van der Waals surface area (Å²) < 4.78 is 0. The van der Waals surface area contributed by atoms with Crippen LogP contribution >= 0.6 is 24.0 Å². The highest BCUT2D eigenvalue weighted by atomic mass is 127. The lowest BCUT2D eigenvalue weighted by Crippen LogP contribution is -2.48. The summed E-state index contributed by atoms with van der Waals surface area (Å²) in [5.41, 5.74) is 1.63. The average Bonchev–Trinajstić information content (AvgIpc) is 2.56. The first-order valence-electron chi connectivity index (χ1n) is 9.22. The molecule has 1 heterocycles. The second-order valence-electron chi connectivity index (χ2n) is 7.77. The summed E-state index contributed by atoms with van der Waals surface area (Å²) in [7, 11) is 1.88. The number of halogens is 1. The van der Waals surface area contributed by atoms with Gasteiger partial charge in [0.25, 0.3) is 0 Å². The molecule has 25 heavy (non-hydrogen) atoms. The van der Waals surface area contributed by atoms with E-state index in [2.05, 4.69) is 71.6 Å². The molecule has 0 atom stereocenters. The highest BCUT2D eigenvalue weighted by Crippen LogP contribution is 2.21. The summed E-state index contributed by atoms with van der Waals surface area (Å²) in [6.45, 7) is 10.6. The highest BCUT2D eigenvalue weighted by Gasteiger charge is 2.21. The van der Waals surface area contributed by atoms with E-state index in [0.29, 0.717) is 0 Å². The van der Waals surface area contributed by atoms with Crippen molar-refractivity contribution in [3.63, 3.8) is 0 Å². The molecule has 0 bridgehead atoms. The zero-order chi connectivity index (χ0) is 17.4. The van der Waals surface area contributed by atoms with Crippen LogP contribution in [-0.2, 0) is 6.42 Å². The van der Waals surface area contributed by atoms with Crippen molar-refractivity contribution in [1.82, 2.24) is 15.5 Å². The zero-order valence-electron chi connectivity index (χ0n) is 16.2. The molecule has 2 N–H and O–H groups in total. The smallest absolute Gasteiger partial charge is 0.193 e.